The van der Waals surface area contributed by atoms with Gasteiger partial charge in [-0.05, 0) is 192 Å². The van der Waals surface area contributed by atoms with Crippen LogP contribution in [0.15, 0.2) is 158 Å². The number of aromatic nitrogens is 1. The van der Waals surface area contributed by atoms with Gasteiger partial charge in [-0.1, -0.05) is 110 Å². The quantitative estimate of drug-likeness (QED) is 0.172. The molecule has 0 radical (unpaired) electrons. The number of para-hydroxylation sites is 2. The molecule has 2 heteroatoms. The van der Waals surface area contributed by atoms with Crippen molar-refractivity contribution in [3.63, 3.8) is 0 Å². The first-order valence-corrected chi connectivity index (χ1v) is 24.0. The molecule has 8 aliphatic rings. The highest BCUT2D eigenvalue weighted by atomic mass is 15.1. The molecule has 0 N–H and O–H groups in total. The fourth-order valence-electron chi connectivity index (χ4n) is 16.3. The van der Waals surface area contributed by atoms with E-state index in [1.807, 2.05) is 0 Å². The molecule has 8 aliphatic carbocycles. The van der Waals surface area contributed by atoms with Gasteiger partial charge in [0.1, 0.15) is 0 Å². The normalized spacial score (nSPS) is 29.1. The summed E-state index contributed by atoms with van der Waals surface area (Å²) < 4.78 is 2.45. The molecule has 16 rings (SSSR count). The van der Waals surface area contributed by atoms with E-state index < -0.39 is 0 Å². The summed E-state index contributed by atoms with van der Waals surface area (Å²) in [6.07, 6.45) is 13.9. The second kappa shape index (κ2) is 12.4. The monoisotopic (exact) mass is 800 g/mol. The highest BCUT2D eigenvalue weighted by Crippen LogP contribution is 2.69. The second-order valence-electron chi connectivity index (χ2n) is 20.8. The lowest BCUT2D eigenvalue weighted by molar-refractivity contribution is 0.0618. The lowest BCUT2D eigenvalue weighted by Gasteiger charge is -2.53. The van der Waals surface area contributed by atoms with Gasteiger partial charge in [-0.2, -0.15) is 0 Å². The van der Waals surface area contributed by atoms with Gasteiger partial charge >= 0.3 is 0 Å². The minimum absolute atomic E-state index is 0.102. The third-order valence-electron chi connectivity index (χ3n) is 18.3. The first-order valence-electron chi connectivity index (χ1n) is 24.0. The predicted molar refractivity (Wildman–Crippen MR) is 255 cm³/mol. The Hall–Kier alpha value is -5.86. The fraction of sp³-hybridized carbons (Fsp3) is 0.300. The Morgan fingerprint density at radius 2 is 0.984 bits per heavy atom. The number of nitrogens with zero attached hydrogens (tertiary/aromatic N) is 2. The van der Waals surface area contributed by atoms with Crippen molar-refractivity contribution in [1.82, 2.24) is 4.57 Å². The summed E-state index contributed by atoms with van der Waals surface area (Å²) >= 11 is 0. The third-order valence-corrected chi connectivity index (χ3v) is 18.3. The molecular weight excluding hydrogens is 749 g/mol. The molecule has 7 aromatic carbocycles. The van der Waals surface area contributed by atoms with Crippen LogP contribution in [0.5, 0.6) is 0 Å². The minimum atomic E-state index is 0.102. The van der Waals surface area contributed by atoms with Crippen LogP contribution in [-0.4, -0.2) is 4.57 Å². The van der Waals surface area contributed by atoms with E-state index in [-0.39, 0.29) is 10.8 Å². The van der Waals surface area contributed by atoms with Gasteiger partial charge in [-0.25, -0.2) is 0 Å². The maximum absolute atomic E-state index is 2.69. The Morgan fingerprint density at radius 1 is 0.403 bits per heavy atom. The number of hydrogen-bond acceptors (Lipinski definition) is 1. The van der Waals surface area contributed by atoms with E-state index in [1.165, 1.54) is 131 Å². The summed E-state index contributed by atoms with van der Waals surface area (Å²) in [6.45, 7) is 0. The lowest BCUT2D eigenvalue weighted by atomic mass is 9.51. The van der Waals surface area contributed by atoms with Crippen LogP contribution in [0, 0.1) is 35.5 Å². The average Bonchev–Trinajstić information content (AvgIpc) is 4.11. The molecule has 1 aromatic heterocycles. The number of anilines is 3. The molecule has 0 aliphatic heterocycles. The van der Waals surface area contributed by atoms with Crippen LogP contribution < -0.4 is 4.90 Å². The van der Waals surface area contributed by atoms with Crippen molar-refractivity contribution in [3.8, 4) is 27.9 Å². The summed E-state index contributed by atoms with van der Waals surface area (Å²) in [7, 11) is 0. The Kier molecular flexibility index (Phi) is 6.94. The van der Waals surface area contributed by atoms with Crippen LogP contribution >= 0.6 is 0 Å². The first kappa shape index (κ1) is 34.7. The zero-order chi connectivity index (χ0) is 40.3. The molecule has 0 saturated heterocycles. The van der Waals surface area contributed by atoms with Gasteiger partial charge < -0.3 is 9.47 Å². The molecule has 2 spiro atoms. The molecule has 6 saturated carbocycles. The SMILES string of the molecule is c1ccc2c(c1)-c1cc(N(c3ccc(-n4c5ccccc5c5ccccc54)cc3)c3ccc4c(c3)C3(c5ccccc5-4)C4CCC5CC(C4)CC3C5)ccc1C21CC2CCC1C2. The van der Waals surface area contributed by atoms with Gasteiger partial charge in [-0.3, -0.25) is 0 Å². The zero-order valence-corrected chi connectivity index (χ0v) is 35.4. The van der Waals surface area contributed by atoms with Gasteiger partial charge in [0, 0.05) is 44.4 Å². The van der Waals surface area contributed by atoms with Gasteiger partial charge in [-0.15, -0.1) is 0 Å². The molecule has 8 aromatic rings. The van der Waals surface area contributed by atoms with E-state index in [1.54, 1.807) is 22.3 Å². The van der Waals surface area contributed by atoms with Gasteiger partial charge in [0.05, 0.1) is 11.0 Å². The Labute approximate surface area is 365 Å². The molecule has 0 amide bonds. The Morgan fingerprint density at radius 3 is 1.76 bits per heavy atom. The number of fused-ring (bicyclic) bond motifs is 15. The highest BCUT2D eigenvalue weighted by Gasteiger charge is 2.60. The van der Waals surface area contributed by atoms with E-state index in [2.05, 4.69) is 167 Å². The topological polar surface area (TPSA) is 8.17 Å². The number of hydrogen-bond donors (Lipinski definition) is 0. The smallest absolute Gasteiger partial charge is 0.0541 e. The van der Waals surface area contributed by atoms with Crippen LogP contribution in [0.1, 0.15) is 86.5 Å². The average molecular weight is 801 g/mol. The van der Waals surface area contributed by atoms with E-state index in [9.17, 15) is 0 Å². The van der Waals surface area contributed by atoms with E-state index >= 15 is 0 Å². The van der Waals surface area contributed by atoms with Crippen molar-refractivity contribution in [2.45, 2.75) is 75.0 Å². The summed E-state index contributed by atoms with van der Waals surface area (Å²) in [6, 6.07) is 61.6. The van der Waals surface area contributed by atoms with Gasteiger partial charge in [0.2, 0.25) is 0 Å². The van der Waals surface area contributed by atoms with Gasteiger partial charge in [0.25, 0.3) is 0 Å². The predicted octanol–water partition coefficient (Wildman–Crippen LogP) is 15.5. The van der Waals surface area contributed by atoms with E-state index in [0.717, 1.165) is 29.6 Å². The summed E-state index contributed by atoms with van der Waals surface area (Å²) in [5.74, 6) is 4.86. The molecule has 8 unspecified atom stereocenters. The molecule has 62 heavy (non-hydrogen) atoms. The van der Waals surface area contributed by atoms with Crippen LogP contribution in [0.4, 0.5) is 17.1 Å². The second-order valence-corrected chi connectivity index (χ2v) is 20.8. The van der Waals surface area contributed by atoms with Crippen LogP contribution in [-0.2, 0) is 10.8 Å². The van der Waals surface area contributed by atoms with Crippen molar-refractivity contribution < 1.29 is 0 Å². The summed E-state index contributed by atoms with van der Waals surface area (Å²) in [5, 5.41) is 2.60. The van der Waals surface area contributed by atoms with Crippen molar-refractivity contribution in [2.75, 3.05) is 4.90 Å². The van der Waals surface area contributed by atoms with Crippen molar-refractivity contribution in [2.24, 2.45) is 35.5 Å². The third kappa shape index (κ3) is 4.37. The minimum Gasteiger partial charge on any atom is -0.310 e. The molecule has 2 nitrogen and oxygen atoms in total. The number of benzene rings is 7. The maximum Gasteiger partial charge on any atom is 0.0541 e. The molecular formula is C60H52N2. The maximum atomic E-state index is 2.69. The van der Waals surface area contributed by atoms with Crippen molar-refractivity contribution >= 4 is 38.9 Å². The molecule has 8 atom stereocenters. The van der Waals surface area contributed by atoms with Gasteiger partial charge in [0.15, 0.2) is 0 Å². The molecule has 6 bridgehead atoms. The number of rotatable bonds is 4. The largest absolute Gasteiger partial charge is 0.310 e. The zero-order valence-electron chi connectivity index (χ0n) is 35.4. The van der Waals surface area contributed by atoms with Crippen LogP contribution in [0.25, 0.3) is 49.7 Å². The van der Waals surface area contributed by atoms with E-state index in [0.29, 0.717) is 5.92 Å². The lowest BCUT2D eigenvalue weighted by Crippen LogP contribution is -2.48. The molecule has 1 heterocycles. The van der Waals surface area contributed by atoms with Crippen molar-refractivity contribution in [3.05, 3.63) is 180 Å². The fourth-order valence-corrected chi connectivity index (χ4v) is 16.3. The van der Waals surface area contributed by atoms with Crippen molar-refractivity contribution in [1.29, 1.82) is 0 Å². The first-order chi connectivity index (χ1) is 30.7. The standard InChI is InChI=1S/C60H52N2/c1-5-13-53-48(10-1)52-34-45(26-28-54(52)59(53)36-38-18-19-40(59)31-38)61(43-21-23-44(24-22-43)62-57-15-7-3-11-50(57)51-12-4-8-16-58(51)62)46-25-27-49-47-9-2-6-14-55(47)60(56(49)35-46)41-20-17-37-29-39(32-41)33-42(60)30-37/h1-16,21-28,34-35,37-42H,17-20,29-33,36H2. The molecule has 302 valence electrons. The highest BCUT2D eigenvalue weighted by molar-refractivity contribution is 6.09. The van der Waals surface area contributed by atoms with E-state index in [4.69, 9.17) is 0 Å². The Balaban J connectivity index is 0.935. The van der Waals surface area contributed by atoms with Crippen LogP contribution in [0.2, 0.25) is 0 Å². The summed E-state index contributed by atoms with van der Waals surface area (Å²) in [4.78, 5) is 2.62. The molecule has 6 fully saturated rings. The Bertz CT molecular complexity index is 3110. The van der Waals surface area contributed by atoms with Crippen LogP contribution in [0.3, 0.4) is 0 Å². The summed E-state index contributed by atoms with van der Waals surface area (Å²) in [5.41, 5.74) is 20.1.